The average Bonchev–Trinajstić information content (AvgIpc) is 2.74. The van der Waals surface area contributed by atoms with Crippen molar-refractivity contribution in [1.29, 1.82) is 0 Å². The predicted molar refractivity (Wildman–Crippen MR) is 111 cm³/mol. The highest BCUT2D eigenvalue weighted by atomic mass is 16.6. The molecule has 1 N–H and O–H groups in total. The molecule has 0 unspecified atom stereocenters. The molecule has 0 radical (unpaired) electrons. The van der Waals surface area contributed by atoms with Crippen LogP contribution in [0.3, 0.4) is 0 Å². The maximum atomic E-state index is 12.2. The summed E-state index contributed by atoms with van der Waals surface area (Å²) in [6.07, 6.45) is 2.47. The van der Waals surface area contributed by atoms with Gasteiger partial charge in [-0.05, 0) is 43.2 Å². The molecule has 0 amide bonds. The average molecular weight is 410 g/mol. The van der Waals surface area contributed by atoms with Gasteiger partial charge in [-0.15, -0.1) is 6.58 Å². The SMILES string of the molecule is C=CCc1ccc(OCC(=O)OCc2cc(=O)oc3c(C)c(O)ccc23)c(OC)c1. The number of esters is 1. The number of phenolic OH excluding ortho intramolecular Hbond substituents is 1. The molecule has 3 aromatic rings. The molecule has 0 atom stereocenters. The van der Waals surface area contributed by atoms with E-state index in [2.05, 4.69) is 6.58 Å². The number of carbonyl (C=O) groups is 1. The van der Waals surface area contributed by atoms with Gasteiger partial charge in [0.05, 0.1) is 7.11 Å². The van der Waals surface area contributed by atoms with Gasteiger partial charge in [-0.1, -0.05) is 12.1 Å². The third-order valence-electron chi connectivity index (χ3n) is 4.56. The van der Waals surface area contributed by atoms with Crippen LogP contribution in [0.1, 0.15) is 16.7 Å². The molecule has 0 fully saturated rings. The van der Waals surface area contributed by atoms with Crippen molar-refractivity contribution >= 4 is 16.9 Å². The van der Waals surface area contributed by atoms with Crippen molar-refractivity contribution in [2.75, 3.05) is 13.7 Å². The highest BCUT2D eigenvalue weighted by Crippen LogP contribution is 2.29. The van der Waals surface area contributed by atoms with Crippen LogP contribution in [-0.2, 0) is 22.6 Å². The Balaban J connectivity index is 1.68. The number of rotatable bonds is 8. The molecule has 0 aliphatic carbocycles. The summed E-state index contributed by atoms with van der Waals surface area (Å²) >= 11 is 0. The van der Waals surface area contributed by atoms with Crippen LogP contribution in [0, 0.1) is 6.92 Å². The van der Waals surface area contributed by atoms with Gasteiger partial charge in [0.1, 0.15) is 17.9 Å². The quantitative estimate of drug-likeness (QED) is 0.344. The van der Waals surface area contributed by atoms with Gasteiger partial charge in [0, 0.05) is 22.6 Å². The highest BCUT2D eigenvalue weighted by Gasteiger charge is 2.14. The number of allylic oxidation sites excluding steroid dienone is 1. The Hall–Kier alpha value is -3.74. The first-order chi connectivity index (χ1) is 14.4. The van der Waals surface area contributed by atoms with Crippen molar-refractivity contribution < 1.29 is 28.5 Å². The van der Waals surface area contributed by atoms with Crippen LogP contribution in [0.5, 0.6) is 17.2 Å². The van der Waals surface area contributed by atoms with Crippen LogP contribution in [0.25, 0.3) is 11.0 Å². The normalized spacial score (nSPS) is 10.6. The molecule has 1 heterocycles. The van der Waals surface area contributed by atoms with Crippen molar-refractivity contribution in [2.24, 2.45) is 0 Å². The molecule has 0 saturated heterocycles. The van der Waals surface area contributed by atoms with Crippen molar-refractivity contribution in [1.82, 2.24) is 0 Å². The largest absolute Gasteiger partial charge is 0.508 e. The lowest BCUT2D eigenvalue weighted by molar-refractivity contribution is -0.147. The number of carbonyl (C=O) groups excluding carboxylic acids is 1. The minimum absolute atomic E-state index is 0.0150. The van der Waals surface area contributed by atoms with Gasteiger partial charge >= 0.3 is 11.6 Å². The van der Waals surface area contributed by atoms with E-state index in [1.54, 1.807) is 25.1 Å². The van der Waals surface area contributed by atoms with E-state index >= 15 is 0 Å². The van der Waals surface area contributed by atoms with E-state index in [9.17, 15) is 14.7 Å². The Kier molecular flexibility index (Phi) is 6.41. The van der Waals surface area contributed by atoms with Crippen LogP contribution < -0.4 is 15.1 Å². The number of aryl methyl sites for hydroxylation is 1. The second-order valence-corrected chi connectivity index (χ2v) is 6.60. The first kappa shape index (κ1) is 21.0. The molecular weight excluding hydrogens is 388 g/mol. The van der Waals surface area contributed by atoms with Gasteiger partial charge in [-0.25, -0.2) is 9.59 Å². The van der Waals surface area contributed by atoms with E-state index in [4.69, 9.17) is 18.6 Å². The molecule has 0 aliphatic heterocycles. The maximum Gasteiger partial charge on any atom is 0.344 e. The van der Waals surface area contributed by atoms with Crippen LogP contribution in [0.2, 0.25) is 0 Å². The number of hydrogen-bond donors (Lipinski definition) is 1. The number of benzene rings is 2. The fraction of sp³-hybridized carbons (Fsp3) is 0.217. The Labute approximate surface area is 173 Å². The number of methoxy groups -OCH3 is 1. The van der Waals surface area contributed by atoms with Crippen molar-refractivity contribution in [3.05, 3.63) is 76.2 Å². The van der Waals surface area contributed by atoms with E-state index < -0.39 is 11.6 Å². The first-order valence-corrected chi connectivity index (χ1v) is 9.24. The smallest absolute Gasteiger partial charge is 0.344 e. The molecule has 0 saturated carbocycles. The van der Waals surface area contributed by atoms with Gasteiger partial charge in [-0.3, -0.25) is 0 Å². The molecule has 0 bridgehead atoms. The Morgan fingerprint density at radius 1 is 1.20 bits per heavy atom. The number of aromatic hydroxyl groups is 1. The van der Waals surface area contributed by atoms with Gasteiger partial charge in [0.2, 0.25) is 0 Å². The summed E-state index contributed by atoms with van der Waals surface area (Å²) in [5.74, 6) is 0.327. The third-order valence-corrected chi connectivity index (χ3v) is 4.56. The molecule has 2 aromatic carbocycles. The minimum Gasteiger partial charge on any atom is -0.508 e. The van der Waals surface area contributed by atoms with E-state index in [0.717, 1.165) is 5.56 Å². The highest BCUT2D eigenvalue weighted by molar-refractivity contribution is 5.85. The molecule has 156 valence electrons. The maximum absolute atomic E-state index is 12.2. The fourth-order valence-electron chi connectivity index (χ4n) is 3.00. The summed E-state index contributed by atoms with van der Waals surface area (Å²) in [4.78, 5) is 24.0. The molecule has 30 heavy (non-hydrogen) atoms. The molecule has 3 rings (SSSR count). The van der Waals surface area contributed by atoms with Crippen molar-refractivity contribution in [3.63, 3.8) is 0 Å². The molecule has 1 aromatic heterocycles. The first-order valence-electron chi connectivity index (χ1n) is 9.24. The Morgan fingerprint density at radius 3 is 2.73 bits per heavy atom. The summed E-state index contributed by atoms with van der Waals surface area (Å²) < 4.78 is 21.3. The number of hydrogen-bond acceptors (Lipinski definition) is 7. The minimum atomic E-state index is -0.607. The van der Waals surface area contributed by atoms with Crippen LogP contribution in [-0.4, -0.2) is 24.8 Å². The second-order valence-electron chi connectivity index (χ2n) is 6.60. The Morgan fingerprint density at radius 2 is 2.00 bits per heavy atom. The molecule has 0 spiro atoms. The summed E-state index contributed by atoms with van der Waals surface area (Å²) in [7, 11) is 1.52. The number of ether oxygens (including phenoxy) is 3. The lowest BCUT2D eigenvalue weighted by Crippen LogP contribution is -2.16. The summed E-state index contributed by atoms with van der Waals surface area (Å²) in [6, 6.07) is 9.75. The predicted octanol–water partition coefficient (Wildman–Crippen LogP) is 3.67. The second kappa shape index (κ2) is 9.17. The zero-order valence-electron chi connectivity index (χ0n) is 16.8. The summed E-state index contributed by atoms with van der Waals surface area (Å²) in [5, 5.41) is 10.4. The summed E-state index contributed by atoms with van der Waals surface area (Å²) in [5.41, 5.74) is 1.59. The third kappa shape index (κ3) is 4.63. The van der Waals surface area contributed by atoms with E-state index in [1.807, 2.05) is 12.1 Å². The lowest BCUT2D eigenvalue weighted by Gasteiger charge is -2.12. The zero-order chi connectivity index (χ0) is 21.7. The summed E-state index contributed by atoms with van der Waals surface area (Å²) in [6.45, 7) is 4.88. The monoisotopic (exact) mass is 410 g/mol. The fourth-order valence-corrected chi connectivity index (χ4v) is 3.00. The topological polar surface area (TPSA) is 95.2 Å². The standard InChI is InChI=1S/C23H22O7/c1-4-5-15-6-9-19(20(10-15)27-3)28-13-22(26)29-12-16-11-21(25)30-23-14(2)18(24)8-7-17(16)23/h4,6-11,24H,1,5,12-13H2,2-3H3. The molecule has 7 heteroatoms. The van der Waals surface area contributed by atoms with Gasteiger partial charge in [0.15, 0.2) is 18.1 Å². The zero-order valence-corrected chi connectivity index (χ0v) is 16.8. The van der Waals surface area contributed by atoms with Gasteiger partial charge < -0.3 is 23.7 Å². The van der Waals surface area contributed by atoms with Gasteiger partial charge in [0.25, 0.3) is 0 Å². The van der Waals surface area contributed by atoms with Crippen LogP contribution >= 0.6 is 0 Å². The molecule has 7 nitrogen and oxygen atoms in total. The van der Waals surface area contributed by atoms with Gasteiger partial charge in [-0.2, -0.15) is 0 Å². The molecule has 0 aliphatic rings. The van der Waals surface area contributed by atoms with E-state index in [0.29, 0.717) is 34.4 Å². The Bertz CT molecular complexity index is 1140. The number of fused-ring (bicyclic) bond motifs is 1. The molecular formula is C23H22O7. The van der Waals surface area contributed by atoms with Crippen LogP contribution in [0.4, 0.5) is 0 Å². The van der Waals surface area contributed by atoms with Crippen molar-refractivity contribution in [3.8, 4) is 17.2 Å². The van der Waals surface area contributed by atoms with E-state index in [-0.39, 0.29) is 24.5 Å². The van der Waals surface area contributed by atoms with Crippen molar-refractivity contribution in [2.45, 2.75) is 20.0 Å². The number of phenols is 1. The van der Waals surface area contributed by atoms with E-state index in [1.165, 1.54) is 19.2 Å². The van der Waals surface area contributed by atoms with Crippen LogP contribution in [0.15, 0.2) is 58.3 Å². The lowest BCUT2D eigenvalue weighted by atomic mass is 10.1.